The quantitative estimate of drug-likeness (QED) is 0.694. The van der Waals surface area contributed by atoms with Gasteiger partial charge in [-0.3, -0.25) is 0 Å². The highest BCUT2D eigenvalue weighted by atomic mass is 32.1. The van der Waals surface area contributed by atoms with Gasteiger partial charge in [0.15, 0.2) is 5.82 Å². The summed E-state index contributed by atoms with van der Waals surface area (Å²) in [6, 6.07) is 8.06. The van der Waals surface area contributed by atoms with E-state index in [2.05, 4.69) is 32.3 Å². The number of hydrogen-bond donors (Lipinski definition) is 2. The maximum absolute atomic E-state index is 6.25. The van der Waals surface area contributed by atoms with E-state index in [0.29, 0.717) is 11.5 Å². The maximum atomic E-state index is 6.25. The summed E-state index contributed by atoms with van der Waals surface area (Å²) in [7, 11) is 0. The number of piperazine rings is 1. The molecule has 3 N–H and O–H groups in total. The number of aryl methyl sites for hydroxylation is 2. The number of benzene rings is 1. The summed E-state index contributed by atoms with van der Waals surface area (Å²) < 4.78 is 0. The van der Waals surface area contributed by atoms with E-state index in [1.54, 1.807) is 17.5 Å². The largest absolute Gasteiger partial charge is 0.398 e. The van der Waals surface area contributed by atoms with Crippen LogP contribution >= 0.6 is 11.3 Å². The van der Waals surface area contributed by atoms with Crippen molar-refractivity contribution in [3.05, 3.63) is 41.2 Å². The highest BCUT2D eigenvalue weighted by Gasteiger charge is 2.15. The molecule has 26 heavy (non-hydrogen) atoms. The van der Waals surface area contributed by atoms with Crippen LogP contribution in [0.15, 0.2) is 30.5 Å². The third-order valence-corrected chi connectivity index (χ3v) is 5.65. The smallest absolute Gasteiger partial charge is 0.161 e. The molecule has 0 saturated carbocycles. The molecule has 0 spiro atoms. The number of nitrogens with one attached hydrogen (secondary N) is 1. The van der Waals surface area contributed by atoms with Crippen LogP contribution in [0.4, 0.5) is 11.4 Å². The Labute approximate surface area is 157 Å². The van der Waals surface area contributed by atoms with E-state index in [0.717, 1.165) is 58.7 Å². The van der Waals surface area contributed by atoms with Gasteiger partial charge >= 0.3 is 0 Å². The predicted molar refractivity (Wildman–Crippen MR) is 108 cm³/mol. The monoisotopic (exact) mass is 366 g/mol. The van der Waals surface area contributed by atoms with Crippen LogP contribution in [0.1, 0.15) is 10.7 Å². The number of nitrogens with two attached hydrogens (primary N) is 1. The number of hydrogen-bond acceptors (Lipinski definition) is 7. The van der Waals surface area contributed by atoms with Crippen molar-refractivity contribution in [3.8, 4) is 22.0 Å². The molecule has 134 valence electrons. The highest BCUT2D eigenvalue weighted by molar-refractivity contribution is 7.15. The SMILES string of the molecule is Cc1nc(C)c(-c2ccnc(-c3cc(N4CCNCC4)ccc3N)n2)s1. The average Bonchev–Trinajstić information content (AvgIpc) is 3.01. The molecule has 1 fully saturated rings. The molecule has 0 amide bonds. The fourth-order valence-electron chi connectivity index (χ4n) is 3.24. The Morgan fingerprint density at radius 1 is 1.12 bits per heavy atom. The number of aromatic nitrogens is 3. The van der Waals surface area contributed by atoms with E-state index in [1.807, 2.05) is 26.0 Å². The van der Waals surface area contributed by atoms with Crippen LogP contribution in [0.25, 0.3) is 22.0 Å². The summed E-state index contributed by atoms with van der Waals surface area (Å²) in [5.41, 5.74) is 10.9. The first-order valence-corrected chi connectivity index (χ1v) is 9.56. The number of thiazole rings is 1. The Kier molecular flexibility index (Phi) is 4.57. The Morgan fingerprint density at radius 2 is 1.92 bits per heavy atom. The van der Waals surface area contributed by atoms with Crippen molar-refractivity contribution in [2.45, 2.75) is 13.8 Å². The first kappa shape index (κ1) is 16.9. The summed E-state index contributed by atoms with van der Waals surface area (Å²) in [5, 5.41) is 4.42. The van der Waals surface area contributed by atoms with Gasteiger partial charge in [-0.15, -0.1) is 11.3 Å². The van der Waals surface area contributed by atoms with E-state index < -0.39 is 0 Å². The number of rotatable bonds is 3. The maximum Gasteiger partial charge on any atom is 0.161 e. The van der Waals surface area contributed by atoms with E-state index in [4.69, 9.17) is 10.7 Å². The zero-order chi connectivity index (χ0) is 18.1. The van der Waals surface area contributed by atoms with Gasteiger partial charge in [-0.2, -0.15) is 0 Å². The Morgan fingerprint density at radius 3 is 2.65 bits per heavy atom. The standard InChI is InChI=1S/C19H22N6S/c1-12-18(26-13(2)23-12)17-5-6-22-19(24-17)15-11-14(3-4-16(15)20)25-9-7-21-8-10-25/h3-6,11,21H,7-10,20H2,1-2H3. The van der Waals surface area contributed by atoms with Crippen molar-refractivity contribution in [2.75, 3.05) is 36.8 Å². The van der Waals surface area contributed by atoms with Crippen LogP contribution in [-0.4, -0.2) is 41.1 Å². The lowest BCUT2D eigenvalue weighted by Crippen LogP contribution is -2.43. The lowest BCUT2D eigenvalue weighted by molar-refractivity contribution is 0.589. The van der Waals surface area contributed by atoms with Crippen molar-refractivity contribution in [1.29, 1.82) is 0 Å². The number of nitrogens with zero attached hydrogens (tertiary/aromatic N) is 4. The summed E-state index contributed by atoms with van der Waals surface area (Å²) in [6.07, 6.45) is 1.79. The second-order valence-electron chi connectivity index (χ2n) is 6.42. The molecular formula is C19H22N6S. The molecule has 1 aliphatic rings. The zero-order valence-corrected chi connectivity index (χ0v) is 15.8. The highest BCUT2D eigenvalue weighted by Crippen LogP contribution is 2.32. The van der Waals surface area contributed by atoms with Crippen LogP contribution in [0.2, 0.25) is 0 Å². The minimum atomic E-state index is 0.655. The van der Waals surface area contributed by atoms with Crippen LogP contribution in [-0.2, 0) is 0 Å². The Bertz CT molecular complexity index is 930. The van der Waals surface area contributed by atoms with E-state index in [9.17, 15) is 0 Å². The second kappa shape index (κ2) is 7.01. The summed E-state index contributed by atoms with van der Waals surface area (Å²) >= 11 is 1.65. The van der Waals surface area contributed by atoms with Gasteiger partial charge in [-0.1, -0.05) is 0 Å². The van der Waals surface area contributed by atoms with Crippen molar-refractivity contribution in [1.82, 2.24) is 20.3 Å². The third kappa shape index (κ3) is 3.27. The van der Waals surface area contributed by atoms with Gasteiger partial charge in [0.25, 0.3) is 0 Å². The molecule has 1 aliphatic heterocycles. The van der Waals surface area contributed by atoms with Gasteiger partial charge in [-0.25, -0.2) is 15.0 Å². The predicted octanol–water partition coefficient (Wildman–Crippen LogP) is 2.88. The van der Waals surface area contributed by atoms with Gasteiger partial charge in [0, 0.05) is 49.3 Å². The fraction of sp³-hybridized carbons (Fsp3) is 0.316. The molecule has 0 atom stereocenters. The molecule has 6 nitrogen and oxygen atoms in total. The normalized spacial score (nSPS) is 14.6. The molecule has 7 heteroatoms. The lowest BCUT2D eigenvalue weighted by Gasteiger charge is -2.29. The zero-order valence-electron chi connectivity index (χ0n) is 15.0. The van der Waals surface area contributed by atoms with Crippen molar-refractivity contribution < 1.29 is 0 Å². The minimum Gasteiger partial charge on any atom is -0.398 e. The first-order chi connectivity index (χ1) is 12.6. The molecule has 1 aromatic carbocycles. The van der Waals surface area contributed by atoms with E-state index in [-0.39, 0.29) is 0 Å². The lowest BCUT2D eigenvalue weighted by atomic mass is 10.1. The molecule has 0 radical (unpaired) electrons. The van der Waals surface area contributed by atoms with Crippen LogP contribution in [0.5, 0.6) is 0 Å². The van der Waals surface area contributed by atoms with Crippen LogP contribution in [0, 0.1) is 13.8 Å². The molecule has 3 heterocycles. The molecule has 4 rings (SSSR count). The fourth-order valence-corrected chi connectivity index (χ4v) is 4.13. The summed E-state index contributed by atoms with van der Waals surface area (Å²) in [6.45, 7) is 8.00. The van der Waals surface area contributed by atoms with Crippen LogP contribution in [0.3, 0.4) is 0 Å². The minimum absolute atomic E-state index is 0.655. The first-order valence-electron chi connectivity index (χ1n) is 8.75. The molecule has 1 saturated heterocycles. The third-order valence-electron chi connectivity index (χ3n) is 4.55. The van der Waals surface area contributed by atoms with Crippen molar-refractivity contribution in [3.63, 3.8) is 0 Å². The summed E-state index contributed by atoms with van der Waals surface area (Å²) in [4.78, 5) is 17.2. The Hall–Kier alpha value is -2.51. The second-order valence-corrected chi connectivity index (χ2v) is 7.62. The van der Waals surface area contributed by atoms with E-state index in [1.165, 1.54) is 0 Å². The number of anilines is 2. The topological polar surface area (TPSA) is 80.0 Å². The molecular weight excluding hydrogens is 344 g/mol. The molecule has 2 aromatic heterocycles. The molecule has 0 bridgehead atoms. The molecule has 3 aromatic rings. The van der Waals surface area contributed by atoms with Gasteiger partial charge in [-0.05, 0) is 38.1 Å². The average molecular weight is 366 g/mol. The molecule has 0 aliphatic carbocycles. The van der Waals surface area contributed by atoms with Crippen LogP contribution < -0.4 is 16.0 Å². The molecule has 0 unspecified atom stereocenters. The van der Waals surface area contributed by atoms with Gasteiger partial charge in [0.1, 0.15) is 0 Å². The van der Waals surface area contributed by atoms with Crippen molar-refractivity contribution in [2.24, 2.45) is 0 Å². The number of nitrogen functional groups attached to an aromatic ring is 1. The Balaban J connectivity index is 1.73. The van der Waals surface area contributed by atoms with Gasteiger partial charge in [0.05, 0.1) is 21.3 Å². The van der Waals surface area contributed by atoms with Gasteiger partial charge in [0.2, 0.25) is 0 Å². The van der Waals surface area contributed by atoms with Gasteiger partial charge < -0.3 is 16.0 Å². The summed E-state index contributed by atoms with van der Waals surface area (Å²) in [5.74, 6) is 0.655. The van der Waals surface area contributed by atoms with Crippen molar-refractivity contribution >= 4 is 22.7 Å². The van der Waals surface area contributed by atoms with E-state index >= 15 is 0 Å².